The maximum absolute atomic E-state index is 5.31. The van der Waals surface area contributed by atoms with E-state index in [0.29, 0.717) is 5.82 Å². The van der Waals surface area contributed by atoms with E-state index in [-0.39, 0.29) is 5.41 Å². The van der Waals surface area contributed by atoms with Crippen LogP contribution in [0.3, 0.4) is 0 Å². The first-order valence-electron chi connectivity index (χ1n) is 18.2. The number of nitrogens with zero attached hydrogens (tertiary/aromatic N) is 3. The molecule has 2 heterocycles. The van der Waals surface area contributed by atoms with Gasteiger partial charge in [-0.2, -0.15) is 0 Å². The molecule has 9 aromatic rings. The third kappa shape index (κ3) is 5.32. The van der Waals surface area contributed by atoms with Crippen molar-refractivity contribution < 1.29 is 0 Å². The Morgan fingerprint density at radius 3 is 1.75 bits per heavy atom. The SMILES string of the molecule is CC1(C)c2ccccc2-c2cc3c(-c4cccc(-c5nc(-c6ccccc6)cc(-c6ccc7ccccc7c6)n5)c4)cc(-c4ccccc4)nc3cc21. The zero-order chi connectivity index (χ0) is 35.5. The molecule has 3 nitrogen and oxygen atoms in total. The monoisotopic (exact) mass is 677 g/mol. The minimum Gasteiger partial charge on any atom is -0.248 e. The molecule has 7 aromatic carbocycles. The number of aromatic nitrogens is 3. The second-order valence-corrected chi connectivity index (χ2v) is 14.5. The predicted octanol–water partition coefficient (Wildman–Crippen LogP) is 12.8. The van der Waals surface area contributed by atoms with Crippen molar-refractivity contribution in [3.63, 3.8) is 0 Å². The number of rotatable bonds is 5. The Labute approximate surface area is 309 Å². The van der Waals surface area contributed by atoms with Gasteiger partial charge in [0, 0.05) is 33.1 Å². The smallest absolute Gasteiger partial charge is 0.160 e. The second kappa shape index (κ2) is 12.2. The lowest BCUT2D eigenvalue weighted by Gasteiger charge is -2.22. The zero-order valence-corrected chi connectivity index (χ0v) is 29.6. The molecule has 0 unspecified atom stereocenters. The van der Waals surface area contributed by atoms with E-state index in [1.54, 1.807) is 0 Å². The van der Waals surface area contributed by atoms with Gasteiger partial charge in [0.15, 0.2) is 5.82 Å². The summed E-state index contributed by atoms with van der Waals surface area (Å²) >= 11 is 0. The van der Waals surface area contributed by atoms with Crippen LogP contribution in [0.5, 0.6) is 0 Å². The van der Waals surface area contributed by atoms with Crippen LogP contribution in [0, 0.1) is 0 Å². The summed E-state index contributed by atoms with van der Waals surface area (Å²) in [5, 5.41) is 3.52. The first-order valence-corrected chi connectivity index (χ1v) is 18.2. The average molecular weight is 678 g/mol. The van der Waals surface area contributed by atoms with Crippen LogP contribution in [-0.4, -0.2) is 15.0 Å². The number of hydrogen-bond acceptors (Lipinski definition) is 3. The van der Waals surface area contributed by atoms with Crippen LogP contribution in [0.15, 0.2) is 176 Å². The van der Waals surface area contributed by atoms with Crippen molar-refractivity contribution in [3.8, 4) is 67.4 Å². The Bertz CT molecular complexity index is 2860. The predicted molar refractivity (Wildman–Crippen MR) is 220 cm³/mol. The normalized spacial score (nSPS) is 12.9. The van der Waals surface area contributed by atoms with Gasteiger partial charge in [-0.3, -0.25) is 0 Å². The fourth-order valence-corrected chi connectivity index (χ4v) is 8.07. The summed E-state index contributed by atoms with van der Waals surface area (Å²) in [6, 6.07) is 62.4. The first-order chi connectivity index (χ1) is 26.0. The fraction of sp³-hybridized carbons (Fsp3) is 0.0600. The Balaban J connectivity index is 1.18. The van der Waals surface area contributed by atoms with E-state index in [9.17, 15) is 0 Å². The molecule has 0 aliphatic heterocycles. The quantitative estimate of drug-likeness (QED) is 0.182. The maximum atomic E-state index is 5.31. The van der Waals surface area contributed by atoms with Crippen molar-refractivity contribution in [3.05, 3.63) is 187 Å². The van der Waals surface area contributed by atoms with E-state index in [4.69, 9.17) is 15.0 Å². The second-order valence-electron chi connectivity index (χ2n) is 14.5. The van der Waals surface area contributed by atoms with Crippen molar-refractivity contribution >= 4 is 21.7 Å². The summed E-state index contributed by atoms with van der Waals surface area (Å²) in [5.41, 5.74) is 15.3. The summed E-state index contributed by atoms with van der Waals surface area (Å²) < 4.78 is 0. The molecule has 0 N–H and O–H groups in total. The molecule has 1 aliphatic carbocycles. The standard InChI is InChI=1S/C50H35N3/c1-50(2)43-23-12-11-22-39(43)41-28-42-40(29-45(33-15-5-3-6-16-33)51-48(42)30-44(41)50)36-20-13-21-38(27-36)49-52-46(34-17-7-4-8-18-34)31-47(53-49)37-25-24-32-14-9-10-19-35(32)26-37/h3-31H,1-2H3. The van der Waals surface area contributed by atoms with Gasteiger partial charge in [0.1, 0.15) is 0 Å². The summed E-state index contributed by atoms with van der Waals surface area (Å²) in [4.78, 5) is 15.7. The van der Waals surface area contributed by atoms with Gasteiger partial charge < -0.3 is 0 Å². The molecule has 0 amide bonds. The molecule has 10 rings (SSSR count). The fourth-order valence-electron chi connectivity index (χ4n) is 8.07. The highest BCUT2D eigenvalue weighted by Crippen LogP contribution is 2.50. The Morgan fingerprint density at radius 2 is 0.981 bits per heavy atom. The molecular formula is C50H35N3. The molecule has 0 fully saturated rings. The Kier molecular flexibility index (Phi) is 7.16. The van der Waals surface area contributed by atoms with Crippen molar-refractivity contribution in [2.45, 2.75) is 19.3 Å². The summed E-state index contributed by atoms with van der Waals surface area (Å²) in [5.74, 6) is 0.689. The van der Waals surface area contributed by atoms with E-state index >= 15 is 0 Å². The van der Waals surface area contributed by atoms with Crippen molar-refractivity contribution in [1.29, 1.82) is 0 Å². The van der Waals surface area contributed by atoms with Crippen LogP contribution < -0.4 is 0 Å². The molecule has 0 bridgehead atoms. The average Bonchev–Trinajstić information content (AvgIpc) is 3.45. The van der Waals surface area contributed by atoms with E-state index in [1.165, 1.54) is 33.0 Å². The van der Waals surface area contributed by atoms with Crippen molar-refractivity contribution in [2.75, 3.05) is 0 Å². The molecule has 0 radical (unpaired) electrons. The third-order valence-electron chi connectivity index (χ3n) is 10.9. The number of fused-ring (bicyclic) bond motifs is 5. The highest BCUT2D eigenvalue weighted by atomic mass is 14.9. The minimum absolute atomic E-state index is 0.117. The van der Waals surface area contributed by atoms with Crippen molar-refractivity contribution in [1.82, 2.24) is 15.0 Å². The molecule has 0 atom stereocenters. The maximum Gasteiger partial charge on any atom is 0.160 e. The lowest BCUT2D eigenvalue weighted by molar-refractivity contribution is 0.661. The Hall–Kier alpha value is -6.71. The van der Waals surface area contributed by atoms with Gasteiger partial charge in [0.2, 0.25) is 0 Å². The van der Waals surface area contributed by atoms with Crippen LogP contribution in [0.4, 0.5) is 0 Å². The van der Waals surface area contributed by atoms with Gasteiger partial charge >= 0.3 is 0 Å². The third-order valence-corrected chi connectivity index (χ3v) is 10.9. The molecule has 2 aromatic heterocycles. The molecule has 3 heteroatoms. The molecule has 0 spiro atoms. The van der Waals surface area contributed by atoms with Gasteiger partial charge in [-0.25, -0.2) is 15.0 Å². The Morgan fingerprint density at radius 1 is 0.358 bits per heavy atom. The van der Waals surface area contributed by atoms with Gasteiger partial charge in [0.05, 0.1) is 22.6 Å². The van der Waals surface area contributed by atoms with Crippen LogP contribution in [0.25, 0.3) is 89.1 Å². The summed E-state index contributed by atoms with van der Waals surface area (Å²) in [6.07, 6.45) is 0. The van der Waals surface area contributed by atoms with E-state index in [2.05, 4.69) is 184 Å². The summed E-state index contributed by atoms with van der Waals surface area (Å²) in [6.45, 7) is 4.65. The van der Waals surface area contributed by atoms with Gasteiger partial charge in [-0.15, -0.1) is 0 Å². The van der Waals surface area contributed by atoms with E-state index in [0.717, 1.165) is 61.4 Å². The zero-order valence-electron chi connectivity index (χ0n) is 29.6. The largest absolute Gasteiger partial charge is 0.248 e. The lowest BCUT2D eigenvalue weighted by atomic mass is 9.82. The number of hydrogen-bond donors (Lipinski definition) is 0. The van der Waals surface area contributed by atoms with Gasteiger partial charge in [0.25, 0.3) is 0 Å². The molecular weight excluding hydrogens is 643 g/mol. The first kappa shape index (κ1) is 31.1. The van der Waals surface area contributed by atoms with Crippen molar-refractivity contribution in [2.24, 2.45) is 0 Å². The minimum atomic E-state index is -0.117. The molecule has 1 aliphatic rings. The van der Waals surface area contributed by atoms with Crippen LogP contribution >= 0.6 is 0 Å². The highest BCUT2D eigenvalue weighted by molar-refractivity contribution is 6.02. The number of benzene rings is 7. The molecule has 0 saturated heterocycles. The number of pyridine rings is 1. The molecule has 250 valence electrons. The topological polar surface area (TPSA) is 38.7 Å². The highest BCUT2D eigenvalue weighted by Gasteiger charge is 2.35. The van der Waals surface area contributed by atoms with Crippen LogP contribution in [0.1, 0.15) is 25.0 Å². The van der Waals surface area contributed by atoms with E-state index < -0.39 is 0 Å². The molecule has 0 saturated carbocycles. The lowest BCUT2D eigenvalue weighted by Crippen LogP contribution is -2.14. The van der Waals surface area contributed by atoms with Gasteiger partial charge in [-0.1, -0.05) is 153 Å². The van der Waals surface area contributed by atoms with Crippen LogP contribution in [0.2, 0.25) is 0 Å². The van der Waals surface area contributed by atoms with E-state index in [1.807, 2.05) is 6.07 Å². The summed E-state index contributed by atoms with van der Waals surface area (Å²) in [7, 11) is 0. The van der Waals surface area contributed by atoms with Gasteiger partial charge in [-0.05, 0) is 80.6 Å². The molecule has 53 heavy (non-hydrogen) atoms. The van der Waals surface area contributed by atoms with Crippen LogP contribution in [-0.2, 0) is 5.41 Å².